The second-order valence-corrected chi connectivity index (χ2v) is 7.39. The number of hydrogen-bond donors (Lipinski definition) is 2. The minimum Gasteiger partial charge on any atom is -0.389 e. The molecule has 2 saturated heterocycles. The van der Waals surface area contributed by atoms with Crippen LogP contribution in [0.15, 0.2) is 0 Å². The predicted molar refractivity (Wildman–Crippen MR) is 74.0 cm³/mol. The molecule has 4 atom stereocenters. The van der Waals surface area contributed by atoms with Crippen LogP contribution in [0.25, 0.3) is 0 Å². The molecule has 2 N–H and O–H groups in total. The first-order chi connectivity index (χ1) is 9.40. The van der Waals surface area contributed by atoms with E-state index in [1.807, 2.05) is 0 Å². The lowest BCUT2D eigenvalue weighted by Gasteiger charge is -2.28. The van der Waals surface area contributed by atoms with Crippen LogP contribution in [0.4, 0.5) is 0 Å². The summed E-state index contributed by atoms with van der Waals surface area (Å²) in [6, 6.07) is -0.198. The smallest absolute Gasteiger partial charge is 0.209 e. The van der Waals surface area contributed by atoms with Crippen molar-refractivity contribution in [3.63, 3.8) is 0 Å². The van der Waals surface area contributed by atoms with Gasteiger partial charge in [-0.15, -0.1) is 0 Å². The van der Waals surface area contributed by atoms with Gasteiger partial charge in [0.15, 0.2) is 0 Å². The molecule has 2 fully saturated rings. The fraction of sp³-hybridized carbons (Fsp3) is 1.00. The molecule has 0 bridgehead atoms. The van der Waals surface area contributed by atoms with Crippen LogP contribution in [0, 0.1) is 0 Å². The Labute approximate surface area is 120 Å². The number of nitrogens with one attached hydrogen (secondary N) is 1. The van der Waals surface area contributed by atoms with Crippen molar-refractivity contribution < 1.29 is 23.0 Å². The monoisotopic (exact) mass is 308 g/mol. The Morgan fingerprint density at radius 2 is 2.25 bits per heavy atom. The standard InChI is InChI=1S/C12H24N2O5S/c1-18-7-9-4-3-5-14(9)6-11-12(15)10(8-19-11)13-20(2,16)17/h9-13,15H,3-8H2,1-2H3. The molecule has 20 heavy (non-hydrogen) atoms. The van der Waals surface area contributed by atoms with E-state index in [1.54, 1.807) is 7.11 Å². The number of ether oxygens (including phenoxy) is 2. The van der Waals surface area contributed by atoms with Crippen molar-refractivity contribution in [1.29, 1.82) is 0 Å². The van der Waals surface area contributed by atoms with Gasteiger partial charge in [0.2, 0.25) is 10.0 Å². The number of aliphatic hydroxyl groups excluding tert-OH is 1. The summed E-state index contributed by atoms with van der Waals surface area (Å²) in [5.74, 6) is 0. The highest BCUT2D eigenvalue weighted by molar-refractivity contribution is 7.88. The molecular weight excluding hydrogens is 284 g/mol. The van der Waals surface area contributed by atoms with Crippen molar-refractivity contribution in [2.45, 2.75) is 37.1 Å². The summed E-state index contributed by atoms with van der Waals surface area (Å²) in [6.07, 6.45) is 2.12. The molecule has 0 radical (unpaired) electrons. The van der Waals surface area contributed by atoms with E-state index >= 15 is 0 Å². The highest BCUT2D eigenvalue weighted by Crippen LogP contribution is 2.22. The first-order valence-corrected chi connectivity index (χ1v) is 8.80. The zero-order chi connectivity index (χ0) is 14.8. The Hall–Kier alpha value is -0.250. The molecule has 0 aromatic carbocycles. The van der Waals surface area contributed by atoms with Crippen LogP contribution in [0.3, 0.4) is 0 Å². The zero-order valence-corrected chi connectivity index (χ0v) is 12.8. The Morgan fingerprint density at radius 1 is 1.50 bits per heavy atom. The largest absolute Gasteiger partial charge is 0.389 e. The fourth-order valence-electron chi connectivity index (χ4n) is 2.97. The van der Waals surface area contributed by atoms with Gasteiger partial charge >= 0.3 is 0 Å². The summed E-state index contributed by atoms with van der Waals surface area (Å²) in [4.78, 5) is 2.25. The van der Waals surface area contributed by atoms with Crippen LogP contribution in [0.2, 0.25) is 0 Å². The molecule has 118 valence electrons. The van der Waals surface area contributed by atoms with E-state index in [1.165, 1.54) is 0 Å². The van der Waals surface area contributed by atoms with Gasteiger partial charge in [-0.2, -0.15) is 0 Å². The average Bonchev–Trinajstić information content (AvgIpc) is 2.90. The molecule has 2 aliphatic heterocycles. The highest BCUT2D eigenvalue weighted by Gasteiger charge is 2.39. The predicted octanol–water partition coefficient (Wildman–Crippen LogP) is -1.23. The van der Waals surface area contributed by atoms with Gasteiger partial charge in [0.05, 0.1) is 37.7 Å². The van der Waals surface area contributed by atoms with Crippen LogP contribution in [-0.2, 0) is 19.5 Å². The van der Waals surface area contributed by atoms with Gasteiger partial charge in [-0.3, -0.25) is 4.90 Å². The fourth-order valence-corrected chi connectivity index (χ4v) is 3.73. The van der Waals surface area contributed by atoms with Crippen molar-refractivity contribution in [2.75, 3.05) is 39.7 Å². The van der Waals surface area contributed by atoms with E-state index < -0.39 is 22.2 Å². The van der Waals surface area contributed by atoms with Gasteiger partial charge in [-0.05, 0) is 19.4 Å². The molecule has 2 rings (SSSR count). The third kappa shape index (κ3) is 4.12. The zero-order valence-electron chi connectivity index (χ0n) is 12.0. The van der Waals surface area contributed by atoms with Crippen LogP contribution in [0.1, 0.15) is 12.8 Å². The summed E-state index contributed by atoms with van der Waals surface area (Å²) in [5.41, 5.74) is 0. The van der Waals surface area contributed by atoms with Gasteiger partial charge in [-0.25, -0.2) is 13.1 Å². The molecule has 8 heteroatoms. The molecule has 0 amide bonds. The minimum atomic E-state index is -3.33. The van der Waals surface area contributed by atoms with E-state index in [2.05, 4.69) is 9.62 Å². The maximum atomic E-state index is 11.2. The number of nitrogens with zero attached hydrogens (tertiary/aromatic N) is 1. The molecular formula is C12H24N2O5S. The van der Waals surface area contributed by atoms with Crippen LogP contribution < -0.4 is 4.72 Å². The lowest BCUT2D eigenvalue weighted by atomic mass is 10.1. The van der Waals surface area contributed by atoms with Gasteiger partial charge < -0.3 is 14.6 Å². The second-order valence-electron chi connectivity index (χ2n) is 5.61. The van der Waals surface area contributed by atoms with E-state index in [-0.39, 0.29) is 12.7 Å². The molecule has 7 nitrogen and oxygen atoms in total. The quantitative estimate of drug-likeness (QED) is 0.639. The minimum absolute atomic E-state index is 0.210. The number of aliphatic hydroxyl groups is 1. The number of rotatable bonds is 6. The molecule has 0 saturated carbocycles. The molecule has 0 aliphatic carbocycles. The normalized spacial score (nSPS) is 35.8. The van der Waals surface area contributed by atoms with E-state index in [4.69, 9.17) is 9.47 Å². The third-order valence-corrected chi connectivity index (χ3v) is 4.65. The summed E-state index contributed by atoms with van der Waals surface area (Å²) in [5, 5.41) is 10.2. The van der Waals surface area contributed by atoms with Crippen LogP contribution >= 0.6 is 0 Å². The first-order valence-electron chi connectivity index (χ1n) is 6.90. The average molecular weight is 308 g/mol. The van der Waals surface area contributed by atoms with Crippen molar-refractivity contribution >= 4 is 10.0 Å². The number of sulfonamides is 1. The Kier molecular flexibility index (Phi) is 5.38. The second kappa shape index (κ2) is 6.67. The Morgan fingerprint density at radius 3 is 2.90 bits per heavy atom. The number of likely N-dealkylation sites (tertiary alicyclic amines) is 1. The van der Waals surface area contributed by atoms with Crippen molar-refractivity contribution in [3.8, 4) is 0 Å². The van der Waals surface area contributed by atoms with Crippen molar-refractivity contribution in [3.05, 3.63) is 0 Å². The Balaban J connectivity index is 1.88. The Bertz CT molecular complexity index is 416. The van der Waals surface area contributed by atoms with Gasteiger partial charge in [0.25, 0.3) is 0 Å². The summed E-state index contributed by atoms with van der Waals surface area (Å²) in [7, 11) is -1.65. The van der Waals surface area contributed by atoms with Gasteiger partial charge in [0.1, 0.15) is 0 Å². The van der Waals surface area contributed by atoms with E-state index in [0.29, 0.717) is 19.2 Å². The SMILES string of the molecule is COCC1CCCN1CC1OCC(NS(C)(=O)=O)C1O. The summed E-state index contributed by atoms with van der Waals surface area (Å²) < 4.78 is 35.6. The van der Waals surface area contributed by atoms with Gasteiger partial charge in [-0.1, -0.05) is 0 Å². The van der Waals surface area contributed by atoms with Crippen LogP contribution in [-0.4, -0.2) is 82.4 Å². The number of hydrogen-bond acceptors (Lipinski definition) is 6. The molecule has 0 aromatic heterocycles. The van der Waals surface area contributed by atoms with Crippen molar-refractivity contribution in [2.24, 2.45) is 0 Å². The molecule has 4 unspecified atom stereocenters. The summed E-state index contributed by atoms with van der Waals surface area (Å²) in [6.45, 7) is 2.46. The highest BCUT2D eigenvalue weighted by atomic mass is 32.2. The lowest BCUT2D eigenvalue weighted by molar-refractivity contribution is 0.00485. The van der Waals surface area contributed by atoms with Crippen LogP contribution in [0.5, 0.6) is 0 Å². The van der Waals surface area contributed by atoms with Gasteiger partial charge in [0, 0.05) is 19.7 Å². The first kappa shape index (κ1) is 16.1. The molecule has 2 aliphatic rings. The third-order valence-electron chi connectivity index (χ3n) is 3.92. The summed E-state index contributed by atoms with van der Waals surface area (Å²) >= 11 is 0. The molecule has 2 heterocycles. The number of methoxy groups -OCH3 is 1. The topological polar surface area (TPSA) is 88.1 Å². The van der Waals surface area contributed by atoms with E-state index in [9.17, 15) is 13.5 Å². The lowest BCUT2D eigenvalue weighted by Crippen LogP contribution is -2.47. The maximum absolute atomic E-state index is 11.2. The maximum Gasteiger partial charge on any atom is 0.209 e. The molecule has 0 aromatic rings. The van der Waals surface area contributed by atoms with E-state index in [0.717, 1.165) is 25.6 Å². The van der Waals surface area contributed by atoms with Crippen molar-refractivity contribution in [1.82, 2.24) is 9.62 Å². The molecule has 0 spiro atoms.